The molecule has 10 heavy (non-hydrogen) atoms. The van der Waals surface area contributed by atoms with E-state index >= 15 is 0 Å². The standard InChI is InChI=1S/C6H12N2O2/c1-4(7)5-3-8(2)6(9)10-5/h4-5H,3,7H2,1-2H3. The van der Waals surface area contributed by atoms with Gasteiger partial charge in [0.15, 0.2) is 0 Å². The van der Waals surface area contributed by atoms with E-state index in [2.05, 4.69) is 0 Å². The van der Waals surface area contributed by atoms with Crippen LogP contribution in [0.1, 0.15) is 6.92 Å². The molecule has 1 heterocycles. The summed E-state index contributed by atoms with van der Waals surface area (Å²) in [6.07, 6.45) is -0.403. The molecule has 1 aliphatic heterocycles. The lowest BCUT2D eigenvalue weighted by atomic mass is 10.2. The van der Waals surface area contributed by atoms with Gasteiger partial charge in [-0.05, 0) is 6.92 Å². The number of cyclic esters (lactones) is 1. The van der Waals surface area contributed by atoms with E-state index < -0.39 is 0 Å². The first-order valence-corrected chi connectivity index (χ1v) is 3.28. The molecule has 4 nitrogen and oxygen atoms in total. The van der Waals surface area contributed by atoms with E-state index in [9.17, 15) is 4.79 Å². The maximum atomic E-state index is 10.7. The van der Waals surface area contributed by atoms with Crippen molar-refractivity contribution in [2.45, 2.75) is 19.1 Å². The number of hydrogen-bond acceptors (Lipinski definition) is 3. The quantitative estimate of drug-likeness (QED) is 0.553. The largest absolute Gasteiger partial charge is 0.443 e. The third-order valence-electron chi connectivity index (χ3n) is 1.60. The van der Waals surface area contributed by atoms with Crippen LogP contribution in [-0.2, 0) is 4.74 Å². The topological polar surface area (TPSA) is 55.6 Å². The van der Waals surface area contributed by atoms with Crippen molar-refractivity contribution in [2.75, 3.05) is 13.6 Å². The summed E-state index contributed by atoms with van der Waals surface area (Å²) in [5.74, 6) is 0. The molecule has 0 aromatic heterocycles. The Bertz CT molecular complexity index is 147. The van der Waals surface area contributed by atoms with Crippen molar-refractivity contribution in [3.05, 3.63) is 0 Å². The lowest BCUT2D eigenvalue weighted by molar-refractivity contribution is 0.125. The van der Waals surface area contributed by atoms with Gasteiger partial charge in [0.1, 0.15) is 6.10 Å². The summed E-state index contributed by atoms with van der Waals surface area (Å²) in [7, 11) is 1.70. The number of hydrogen-bond donors (Lipinski definition) is 1. The Morgan fingerprint density at radius 3 is 2.70 bits per heavy atom. The number of amides is 1. The fourth-order valence-corrected chi connectivity index (χ4v) is 0.875. The van der Waals surface area contributed by atoms with E-state index in [1.165, 1.54) is 4.90 Å². The first kappa shape index (κ1) is 7.34. The second-order valence-corrected chi connectivity index (χ2v) is 2.66. The maximum Gasteiger partial charge on any atom is 0.410 e. The Kier molecular flexibility index (Phi) is 1.80. The van der Waals surface area contributed by atoms with Crippen molar-refractivity contribution >= 4 is 6.09 Å². The zero-order valence-electron chi connectivity index (χ0n) is 6.20. The number of carbonyl (C=O) groups excluding carboxylic acids is 1. The summed E-state index contributed by atoms with van der Waals surface area (Å²) >= 11 is 0. The van der Waals surface area contributed by atoms with Gasteiger partial charge in [-0.2, -0.15) is 0 Å². The van der Waals surface area contributed by atoms with E-state index in [0.29, 0.717) is 6.54 Å². The van der Waals surface area contributed by atoms with Gasteiger partial charge in [-0.3, -0.25) is 0 Å². The van der Waals surface area contributed by atoms with Crippen molar-refractivity contribution in [3.63, 3.8) is 0 Å². The van der Waals surface area contributed by atoms with Crippen molar-refractivity contribution in [2.24, 2.45) is 5.73 Å². The van der Waals surface area contributed by atoms with E-state index in [1.807, 2.05) is 6.92 Å². The van der Waals surface area contributed by atoms with Crippen molar-refractivity contribution < 1.29 is 9.53 Å². The van der Waals surface area contributed by atoms with Gasteiger partial charge >= 0.3 is 6.09 Å². The van der Waals surface area contributed by atoms with E-state index in [0.717, 1.165) is 0 Å². The summed E-state index contributed by atoms with van der Waals surface area (Å²) < 4.78 is 4.90. The lowest BCUT2D eigenvalue weighted by Crippen LogP contribution is -2.34. The molecule has 58 valence electrons. The number of carbonyl (C=O) groups is 1. The first-order chi connectivity index (χ1) is 4.61. The van der Waals surface area contributed by atoms with Crippen LogP contribution in [0.15, 0.2) is 0 Å². The average Bonchev–Trinajstić information content (AvgIpc) is 2.13. The van der Waals surface area contributed by atoms with E-state index in [4.69, 9.17) is 10.5 Å². The maximum absolute atomic E-state index is 10.7. The Morgan fingerprint density at radius 1 is 1.90 bits per heavy atom. The summed E-state index contributed by atoms with van der Waals surface area (Å²) in [4.78, 5) is 12.3. The lowest BCUT2D eigenvalue weighted by Gasteiger charge is -2.10. The number of ether oxygens (including phenoxy) is 1. The van der Waals surface area contributed by atoms with Crippen LogP contribution in [-0.4, -0.2) is 36.7 Å². The van der Waals surface area contributed by atoms with Crippen LogP contribution in [0, 0.1) is 0 Å². The number of likely N-dealkylation sites (N-methyl/N-ethyl adjacent to an activating group) is 1. The number of nitrogens with two attached hydrogens (primary N) is 1. The first-order valence-electron chi connectivity index (χ1n) is 3.28. The van der Waals surface area contributed by atoms with Crippen LogP contribution >= 0.6 is 0 Å². The van der Waals surface area contributed by atoms with Gasteiger partial charge in [-0.15, -0.1) is 0 Å². The van der Waals surface area contributed by atoms with Gasteiger partial charge in [0.25, 0.3) is 0 Å². The molecule has 2 N–H and O–H groups in total. The summed E-state index contributed by atoms with van der Waals surface area (Å²) in [6, 6.07) is -0.0751. The molecule has 0 spiro atoms. The highest BCUT2D eigenvalue weighted by atomic mass is 16.6. The van der Waals surface area contributed by atoms with Gasteiger partial charge < -0.3 is 15.4 Å². The second-order valence-electron chi connectivity index (χ2n) is 2.66. The highest BCUT2D eigenvalue weighted by Gasteiger charge is 2.30. The van der Waals surface area contributed by atoms with Crippen LogP contribution in [0.4, 0.5) is 4.79 Å². The number of rotatable bonds is 1. The monoisotopic (exact) mass is 144 g/mol. The third kappa shape index (κ3) is 1.21. The van der Waals surface area contributed by atoms with Crippen LogP contribution < -0.4 is 5.73 Å². The van der Waals surface area contributed by atoms with E-state index in [-0.39, 0.29) is 18.2 Å². The minimum atomic E-state index is -0.276. The molecule has 0 aliphatic carbocycles. The molecule has 1 rings (SSSR count). The van der Waals surface area contributed by atoms with Crippen LogP contribution in [0.5, 0.6) is 0 Å². The molecule has 0 aromatic rings. The van der Waals surface area contributed by atoms with Gasteiger partial charge in [-0.25, -0.2) is 4.79 Å². The van der Waals surface area contributed by atoms with Crippen LogP contribution in [0.3, 0.4) is 0 Å². The zero-order chi connectivity index (χ0) is 7.72. The molecule has 2 unspecified atom stereocenters. The second kappa shape index (κ2) is 2.46. The molecule has 1 amide bonds. The van der Waals surface area contributed by atoms with Gasteiger partial charge in [0, 0.05) is 13.1 Å². The van der Waals surface area contributed by atoms with Crippen molar-refractivity contribution in [1.82, 2.24) is 4.90 Å². The molecule has 1 fully saturated rings. The Morgan fingerprint density at radius 2 is 2.50 bits per heavy atom. The highest BCUT2D eigenvalue weighted by molar-refractivity contribution is 5.69. The highest BCUT2D eigenvalue weighted by Crippen LogP contribution is 2.10. The Hall–Kier alpha value is -0.770. The molecule has 0 saturated carbocycles. The van der Waals surface area contributed by atoms with Crippen molar-refractivity contribution in [3.8, 4) is 0 Å². The Labute approximate surface area is 59.9 Å². The molecule has 0 bridgehead atoms. The zero-order valence-corrected chi connectivity index (χ0v) is 6.20. The van der Waals surface area contributed by atoms with Gasteiger partial charge in [0.2, 0.25) is 0 Å². The third-order valence-corrected chi connectivity index (χ3v) is 1.60. The molecule has 4 heteroatoms. The summed E-state index contributed by atoms with van der Waals surface area (Å²) in [6.45, 7) is 2.44. The van der Waals surface area contributed by atoms with Gasteiger partial charge in [-0.1, -0.05) is 0 Å². The molecule has 1 saturated heterocycles. The molecular formula is C6H12N2O2. The normalized spacial score (nSPS) is 28.5. The van der Waals surface area contributed by atoms with Crippen LogP contribution in [0.2, 0.25) is 0 Å². The fraction of sp³-hybridized carbons (Fsp3) is 0.833. The van der Waals surface area contributed by atoms with Crippen molar-refractivity contribution in [1.29, 1.82) is 0 Å². The fourth-order valence-electron chi connectivity index (χ4n) is 0.875. The molecular weight excluding hydrogens is 132 g/mol. The average molecular weight is 144 g/mol. The summed E-state index contributed by atoms with van der Waals surface area (Å²) in [5, 5.41) is 0. The SMILES string of the molecule is CC(N)C1CN(C)C(=O)O1. The molecule has 1 aliphatic rings. The van der Waals surface area contributed by atoms with E-state index in [1.54, 1.807) is 7.05 Å². The molecule has 0 radical (unpaired) electrons. The predicted molar refractivity (Wildman–Crippen MR) is 36.5 cm³/mol. The molecule has 2 atom stereocenters. The van der Waals surface area contributed by atoms with Crippen LogP contribution in [0.25, 0.3) is 0 Å². The summed E-state index contributed by atoms with van der Waals surface area (Å²) in [5.41, 5.74) is 5.52. The molecule has 0 aromatic carbocycles. The number of nitrogens with zero attached hydrogens (tertiary/aromatic N) is 1. The minimum Gasteiger partial charge on any atom is -0.443 e. The minimum absolute atomic E-state index is 0.0751. The van der Waals surface area contributed by atoms with Gasteiger partial charge in [0.05, 0.1) is 6.54 Å². The predicted octanol–water partition coefficient (Wildman–Crippen LogP) is -0.216. The Balaban J connectivity index is 2.49. The smallest absolute Gasteiger partial charge is 0.410 e.